The van der Waals surface area contributed by atoms with E-state index in [-0.39, 0.29) is 0 Å². The molecule has 2 rings (SSSR count). The standard InChI is InChI=1S/C18H30N2/c1-3-5-8-17(4-2)19-18-11-9-16(10-12-18)15-20-13-6-7-14-20/h9-12,17,19H,3-8,13-15H2,1-2H3. The summed E-state index contributed by atoms with van der Waals surface area (Å²) < 4.78 is 0. The van der Waals surface area contributed by atoms with E-state index in [2.05, 4.69) is 48.3 Å². The van der Waals surface area contributed by atoms with Gasteiger partial charge in [0.25, 0.3) is 0 Å². The second kappa shape index (κ2) is 8.31. The van der Waals surface area contributed by atoms with Gasteiger partial charge >= 0.3 is 0 Å². The van der Waals surface area contributed by atoms with Crippen molar-refractivity contribution < 1.29 is 0 Å². The number of unbranched alkanes of at least 4 members (excludes halogenated alkanes) is 1. The van der Waals surface area contributed by atoms with Crippen LogP contribution >= 0.6 is 0 Å². The summed E-state index contributed by atoms with van der Waals surface area (Å²) in [5, 5.41) is 3.67. The van der Waals surface area contributed by atoms with E-state index in [9.17, 15) is 0 Å². The summed E-state index contributed by atoms with van der Waals surface area (Å²) in [6, 6.07) is 9.69. The molecule has 1 unspecified atom stereocenters. The predicted molar refractivity (Wildman–Crippen MR) is 88.2 cm³/mol. The lowest BCUT2D eigenvalue weighted by Crippen LogP contribution is -2.19. The summed E-state index contributed by atoms with van der Waals surface area (Å²) in [5.74, 6) is 0. The number of anilines is 1. The molecular formula is C18H30N2. The third-order valence-corrected chi connectivity index (χ3v) is 4.33. The first-order valence-electron chi connectivity index (χ1n) is 8.39. The Morgan fingerprint density at radius 3 is 2.40 bits per heavy atom. The highest BCUT2D eigenvalue weighted by Gasteiger charge is 2.11. The van der Waals surface area contributed by atoms with Crippen LogP contribution in [0, 0.1) is 0 Å². The lowest BCUT2D eigenvalue weighted by molar-refractivity contribution is 0.331. The third kappa shape index (κ3) is 4.82. The van der Waals surface area contributed by atoms with Crippen LogP contribution in [0.1, 0.15) is 57.9 Å². The van der Waals surface area contributed by atoms with E-state index in [0.717, 1.165) is 6.54 Å². The van der Waals surface area contributed by atoms with Crippen molar-refractivity contribution in [1.82, 2.24) is 4.90 Å². The van der Waals surface area contributed by atoms with Gasteiger partial charge in [0.1, 0.15) is 0 Å². The van der Waals surface area contributed by atoms with Crippen LogP contribution in [0.4, 0.5) is 5.69 Å². The summed E-state index contributed by atoms with van der Waals surface area (Å²) in [6.07, 6.45) is 7.83. The molecule has 1 aromatic rings. The average Bonchev–Trinajstić information content (AvgIpc) is 2.98. The molecule has 1 aromatic carbocycles. The molecule has 2 heteroatoms. The fraction of sp³-hybridized carbons (Fsp3) is 0.667. The molecule has 0 bridgehead atoms. The molecule has 0 aliphatic carbocycles. The van der Waals surface area contributed by atoms with Crippen molar-refractivity contribution in [1.29, 1.82) is 0 Å². The van der Waals surface area contributed by atoms with Gasteiger partial charge in [0, 0.05) is 18.3 Å². The molecule has 0 radical (unpaired) electrons. The van der Waals surface area contributed by atoms with Gasteiger partial charge in [0.2, 0.25) is 0 Å². The molecule has 20 heavy (non-hydrogen) atoms. The Kier molecular flexibility index (Phi) is 6.38. The van der Waals surface area contributed by atoms with E-state index < -0.39 is 0 Å². The molecule has 1 heterocycles. The van der Waals surface area contributed by atoms with Crippen molar-refractivity contribution in [3.63, 3.8) is 0 Å². The van der Waals surface area contributed by atoms with Crippen LogP contribution in [0.2, 0.25) is 0 Å². The molecule has 1 saturated heterocycles. The second-order valence-corrected chi connectivity index (χ2v) is 6.07. The van der Waals surface area contributed by atoms with E-state index in [1.807, 2.05) is 0 Å². The zero-order valence-electron chi connectivity index (χ0n) is 13.2. The van der Waals surface area contributed by atoms with Crippen LogP contribution in [-0.2, 0) is 6.54 Å². The van der Waals surface area contributed by atoms with Crippen molar-refractivity contribution in [2.45, 2.75) is 65.0 Å². The lowest BCUT2D eigenvalue weighted by Gasteiger charge is -2.19. The van der Waals surface area contributed by atoms with Crippen molar-refractivity contribution in [2.24, 2.45) is 0 Å². The maximum Gasteiger partial charge on any atom is 0.0342 e. The Balaban J connectivity index is 1.83. The van der Waals surface area contributed by atoms with Crippen molar-refractivity contribution >= 4 is 5.69 Å². The van der Waals surface area contributed by atoms with Crippen LogP contribution in [0.3, 0.4) is 0 Å². The molecule has 1 N–H and O–H groups in total. The zero-order chi connectivity index (χ0) is 14.2. The minimum atomic E-state index is 0.624. The van der Waals surface area contributed by atoms with Gasteiger partial charge in [-0.1, -0.05) is 38.8 Å². The third-order valence-electron chi connectivity index (χ3n) is 4.33. The topological polar surface area (TPSA) is 15.3 Å². The average molecular weight is 274 g/mol. The van der Waals surface area contributed by atoms with Gasteiger partial charge in [0.05, 0.1) is 0 Å². The molecule has 0 amide bonds. The summed E-state index contributed by atoms with van der Waals surface area (Å²) in [4.78, 5) is 2.55. The van der Waals surface area contributed by atoms with Gasteiger partial charge in [-0.3, -0.25) is 4.90 Å². The maximum absolute atomic E-state index is 3.67. The Labute approximate surface area is 124 Å². The number of nitrogens with one attached hydrogen (secondary N) is 1. The molecule has 0 aromatic heterocycles. The van der Waals surface area contributed by atoms with Gasteiger partial charge < -0.3 is 5.32 Å². The number of likely N-dealkylation sites (tertiary alicyclic amines) is 1. The highest BCUT2D eigenvalue weighted by Crippen LogP contribution is 2.17. The van der Waals surface area contributed by atoms with Gasteiger partial charge in [-0.2, -0.15) is 0 Å². The van der Waals surface area contributed by atoms with Gasteiger partial charge in [-0.25, -0.2) is 0 Å². The van der Waals surface area contributed by atoms with E-state index in [1.54, 1.807) is 0 Å². The predicted octanol–water partition coefficient (Wildman–Crippen LogP) is 4.66. The molecule has 1 atom stereocenters. The summed E-state index contributed by atoms with van der Waals surface area (Å²) in [6.45, 7) is 8.20. The number of nitrogens with zero attached hydrogens (tertiary/aromatic N) is 1. The lowest BCUT2D eigenvalue weighted by atomic mass is 10.1. The van der Waals surface area contributed by atoms with Gasteiger partial charge in [-0.05, 0) is 56.5 Å². The first-order chi connectivity index (χ1) is 9.81. The summed E-state index contributed by atoms with van der Waals surface area (Å²) in [5.41, 5.74) is 2.72. The largest absolute Gasteiger partial charge is 0.382 e. The Hall–Kier alpha value is -1.02. The molecule has 0 saturated carbocycles. The van der Waals surface area contributed by atoms with Crippen LogP contribution < -0.4 is 5.32 Å². The first-order valence-corrected chi connectivity index (χ1v) is 8.39. The molecular weight excluding hydrogens is 244 g/mol. The second-order valence-electron chi connectivity index (χ2n) is 6.07. The molecule has 2 nitrogen and oxygen atoms in total. The fourth-order valence-electron chi connectivity index (χ4n) is 2.97. The smallest absolute Gasteiger partial charge is 0.0342 e. The van der Waals surface area contributed by atoms with Crippen molar-refractivity contribution in [3.8, 4) is 0 Å². The molecule has 1 aliphatic rings. The minimum Gasteiger partial charge on any atom is -0.382 e. The monoisotopic (exact) mass is 274 g/mol. The van der Waals surface area contributed by atoms with E-state index in [0.29, 0.717) is 6.04 Å². The highest BCUT2D eigenvalue weighted by atomic mass is 15.1. The minimum absolute atomic E-state index is 0.624. The molecule has 0 spiro atoms. The molecule has 1 aliphatic heterocycles. The summed E-state index contributed by atoms with van der Waals surface area (Å²) in [7, 11) is 0. The Morgan fingerprint density at radius 2 is 1.80 bits per heavy atom. The highest BCUT2D eigenvalue weighted by molar-refractivity contribution is 5.45. The number of rotatable bonds is 8. The van der Waals surface area contributed by atoms with Crippen LogP contribution in [0.15, 0.2) is 24.3 Å². The normalized spacial score (nSPS) is 17.3. The molecule has 1 fully saturated rings. The summed E-state index contributed by atoms with van der Waals surface area (Å²) >= 11 is 0. The SMILES string of the molecule is CCCCC(CC)Nc1ccc(CN2CCCC2)cc1. The maximum atomic E-state index is 3.67. The van der Waals surface area contributed by atoms with Gasteiger partial charge in [-0.15, -0.1) is 0 Å². The van der Waals surface area contributed by atoms with E-state index in [1.165, 1.54) is 62.9 Å². The fourth-order valence-corrected chi connectivity index (χ4v) is 2.97. The molecule has 112 valence electrons. The van der Waals surface area contributed by atoms with Crippen LogP contribution in [-0.4, -0.2) is 24.0 Å². The van der Waals surface area contributed by atoms with Crippen molar-refractivity contribution in [2.75, 3.05) is 18.4 Å². The first kappa shape index (κ1) is 15.4. The van der Waals surface area contributed by atoms with Crippen LogP contribution in [0.25, 0.3) is 0 Å². The number of hydrogen-bond donors (Lipinski definition) is 1. The van der Waals surface area contributed by atoms with Crippen LogP contribution in [0.5, 0.6) is 0 Å². The Morgan fingerprint density at radius 1 is 1.10 bits per heavy atom. The number of hydrogen-bond acceptors (Lipinski definition) is 2. The zero-order valence-corrected chi connectivity index (χ0v) is 13.2. The van der Waals surface area contributed by atoms with E-state index >= 15 is 0 Å². The van der Waals surface area contributed by atoms with E-state index in [4.69, 9.17) is 0 Å². The quantitative estimate of drug-likeness (QED) is 0.741. The van der Waals surface area contributed by atoms with Gasteiger partial charge in [0.15, 0.2) is 0 Å². The van der Waals surface area contributed by atoms with Crippen molar-refractivity contribution in [3.05, 3.63) is 29.8 Å². The number of benzene rings is 1. The Bertz CT molecular complexity index is 366.